The molecule has 0 bridgehead atoms. The van der Waals surface area contributed by atoms with E-state index < -0.39 is 25.1 Å². The maximum Gasteiger partial charge on any atom is 0.476 e. The average molecular weight is 458 g/mol. The minimum Gasteiger partial charge on any atom is -0.281 e. The molecule has 4 nitrogen and oxygen atoms in total. The number of rotatable bonds is 5. The molecule has 0 aromatic heterocycles. The molecule has 0 radical (unpaired) electrons. The normalized spacial score (nSPS) is 14.8. The molecule has 1 atom stereocenters. The van der Waals surface area contributed by atoms with Crippen LogP contribution in [0.5, 0.6) is 0 Å². The molecule has 0 spiro atoms. The standard InChI is InChI=1S/C16H25FIO4P/c1-11(12-8-13(17)10-14(18)9-12)20-23(19,21-15(2,3)4)22-16(5,6)7/h8-11H,1-7H3. The third kappa shape index (κ3) is 8.07. The predicted molar refractivity (Wildman–Crippen MR) is 97.9 cm³/mol. The lowest BCUT2D eigenvalue weighted by Crippen LogP contribution is -2.25. The van der Waals surface area contributed by atoms with Crippen molar-refractivity contribution in [3.05, 3.63) is 33.1 Å². The highest BCUT2D eigenvalue weighted by Crippen LogP contribution is 2.58. The molecule has 0 aliphatic heterocycles. The van der Waals surface area contributed by atoms with Crippen molar-refractivity contribution in [1.82, 2.24) is 0 Å². The van der Waals surface area contributed by atoms with Gasteiger partial charge in [-0.1, -0.05) is 0 Å². The minimum atomic E-state index is -3.84. The lowest BCUT2D eigenvalue weighted by atomic mass is 10.1. The Kier molecular flexibility index (Phi) is 6.84. The van der Waals surface area contributed by atoms with Crippen molar-refractivity contribution in [3.8, 4) is 0 Å². The average Bonchev–Trinajstić information content (AvgIpc) is 2.20. The van der Waals surface area contributed by atoms with Crippen LogP contribution >= 0.6 is 30.4 Å². The molecule has 23 heavy (non-hydrogen) atoms. The van der Waals surface area contributed by atoms with Crippen LogP contribution in [0.3, 0.4) is 0 Å². The van der Waals surface area contributed by atoms with E-state index >= 15 is 0 Å². The third-order valence-corrected chi connectivity index (χ3v) is 5.15. The second-order valence-corrected chi connectivity index (χ2v) is 10.0. The summed E-state index contributed by atoms with van der Waals surface area (Å²) in [7, 11) is -3.84. The Hall–Kier alpha value is -0.0100. The highest BCUT2D eigenvalue weighted by atomic mass is 127. The molecule has 1 aromatic carbocycles. The monoisotopic (exact) mass is 458 g/mol. The zero-order valence-electron chi connectivity index (χ0n) is 14.6. The van der Waals surface area contributed by atoms with Gasteiger partial charge in [0, 0.05) is 3.57 Å². The largest absolute Gasteiger partial charge is 0.476 e. The van der Waals surface area contributed by atoms with Crippen LogP contribution in [0.2, 0.25) is 0 Å². The Morgan fingerprint density at radius 3 is 1.91 bits per heavy atom. The third-order valence-electron chi connectivity index (χ3n) is 2.41. The lowest BCUT2D eigenvalue weighted by molar-refractivity contribution is -0.00868. The number of halogens is 2. The van der Waals surface area contributed by atoms with Crippen molar-refractivity contribution in [2.75, 3.05) is 0 Å². The fourth-order valence-electron chi connectivity index (χ4n) is 1.80. The number of phosphoric ester groups is 1. The van der Waals surface area contributed by atoms with Gasteiger partial charge >= 0.3 is 7.82 Å². The van der Waals surface area contributed by atoms with E-state index in [1.54, 1.807) is 54.5 Å². The van der Waals surface area contributed by atoms with Crippen molar-refractivity contribution in [1.29, 1.82) is 0 Å². The Bertz CT molecular complexity index is 552. The van der Waals surface area contributed by atoms with E-state index in [0.717, 1.165) is 3.57 Å². The number of hydrogen-bond acceptors (Lipinski definition) is 4. The molecule has 1 unspecified atom stereocenters. The summed E-state index contributed by atoms with van der Waals surface area (Å²) in [5.74, 6) is -0.370. The van der Waals surface area contributed by atoms with Gasteiger partial charge in [0.1, 0.15) is 5.82 Å². The molecule has 1 rings (SSSR count). The first-order chi connectivity index (χ1) is 10.2. The zero-order valence-corrected chi connectivity index (χ0v) is 17.7. The van der Waals surface area contributed by atoms with Crippen molar-refractivity contribution >= 4 is 30.4 Å². The first-order valence-electron chi connectivity index (χ1n) is 7.35. The highest BCUT2D eigenvalue weighted by molar-refractivity contribution is 14.1. The topological polar surface area (TPSA) is 44.8 Å². The second-order valence-electron chi connectivity index (χ2n) is 7.30. The fraction of sp³-hybridized carbons (Fsp3) is 0.625. The number of hydrogen-bond donors (Lipinski definition) is 0. The summed E-state index contributed by atoms with van der Waals surface area (Å²) in [6.07, 6.45) is -0.644. The van der Waals surface area contributed by atoms with Crippen molar-refractivity contribution < 1.29 is 22.5 Å². The van der Waals surface area contributed by atoms with Gasteiger partial charge in [-0.15, -0.1) is 0 Å². The van der Waals surface area contributed by atoms with Crippen molar-refractivity contribution in [2.24, 2.45) is 0 Å². The van der Waals surface area contributed by atoms with Crippen LogP contribution in [0, 0.1) is 9.39 Å². The highest BCUT2D eigenvalue weighted by Gasteiger charge is 2.38. The van der Waals surface area contributed by atoms with Gasteiger partial charge in [-0.2, -0.15) is 0 Å². The quantitative estimate of drug-likeness (QED) is 0.387. The molecule has 0 fully saturated rings. The molecule has 0 N–H and O–H groups in total. The molecule has 0 saturated carbocycles. The van der Waals surface area contributed by atoms with Crippen LogP contribution in [0.1, 0.15) is 60.1 Å². The lowest BCUT2D eigenvalue weighted by Gasteiger charge is -2.32. The van der Waals surface area contributed by atoms with Crippen LogP contribution in [0.4, 0.5) is 4.39 Å². The van der Waals surface area contributed by atoms with E-state index in [1.807, 2.05) is 22.6 Å². The Balaban J connectivity index is 3.06. The smallest absolute Gasteiger partial charge is 0.281 e. The van der Waals surface area contributed by atoms with Gasteiger partial charge in [0.25, 0.3) is 0 Å². The molecule has 1 aromatic rings. The van der Waals surface area contributed by atoms with E-state index in [4.69, 9.17) is 13.6 Å². The predicted octanol–water partition coefficient (Wildman–Crippen LogP) is 6.25. The molecule has 132 valence electrons. The molecule has 0 heterocycles. The van der Waals surface area contributed by atoms with Crippen LogP contribution in [0.25, 0.3) is 0 Å². The summed E-state index contributed by atoms with van der Waals surface area (Å²) >= 11 is 2.02. The fourth-order valence-corrected chi connectivity index (χ4v) is 4.43. The van der Waals surface area contributed by atoms with Gasteiger partial charge in [-0.05, 0) is 94.8 Å². The minimum absolute atomic E-state index is 0.370. The summed E-state index contributed by atoms with van der Waals surface area (Å²) in [6, 6.07) is 4.53. The number of phosphoric acid groups is 1. The summed E-state index contributed by atoms with van der Waals surface area (Å²) in [5.41, 5.74) is -0.849. The van der Waals surface area contributed by atoms with E-state index in [-0.39, 0.29) is 5.82 Å². The van der Waals surface area contributed by atoms with E-state index in [0.29, 0.717) is 5.56 Å². The van der Waals surface area contributed by atoms with Gasteiger partial charge in [0.15, 0.2) is 0 Å². The summed E-state index contributed by atoms with van der Waals surface area (Å²) < 4.78 is 44.1. The summed E-state index contributed by atoms with van der Waals surface area (Å²) in [6.45, 7) is 12.3. The van der Waals surface area contributed by atoms with Crippen LogP contribution < -0.4 is 0 Å². The first kappa shape index (κ1) is 21.0. The molecule has 7 heteroatoms. The molecular weight excluding hydrogens is 433 g/mol. The SMILES string of the molecule is CC(OP(=O)(OC(C)(C)C)OC(C)(C)C)c1cc(F)cc(I)c1. The molecule has 0 aliphatic carbocycles. The summed E-state index contributed by atoms with van der Waals surface area (Å²) in [5, 5.41) is 0. The van der Waals surface area contributed by atoms with Gasteiger partial charge in [-0.3, -0.25) is 13.6 Å². The van der Waals surface area contributed by atoms with Crippen LogP contribution in [0.15, 0.2) is 18.2 Å². The Labute approximate surface area is 151 Å². The Morgan fingerprint density at radius 1 is 1.04 bits per heavy atom. The van der Waals surface area contributed by atoms with Crippen molar-refractivity contribution in [2.45, 2.75) is 65.8 Å². The first-order valence-corrected chi connectivity index (χ1v) is 9.89. The molecule has 0 amide bonds. The zero-order chi connectivity index (χ0) is 18.1. The second kappa shape index (κ2) is 7.48. The van der Waals surface area contributed by atoms with Gasteiger partial charge < -0.3 is 0 Å². The van der Waals surface area contributed by atoms with Gasteiger partial charge in [-0.25, -0.2) is 8.96 Å². The maximum atomic E-state index is 13.6. The number of benzene rings is 1. The maximum absolute atomic E-state index is 13.6. The van der Waals surface area contributed by atoms with E-state index in [2.05, 4.69) is 0 Å². The van der Waals surface area contributed by atoms with Gasteiger partial charge in [0.2, 0.25) is 0 Å². The summed E-state index contributed by atoms with van der Waals surface area (Å²) in [4.78, 5) is 0. The van der Waals surface area contributed by atoms with Crippen LogP contribution in [-0.2, 0) is 18.1 Å². The van der Waals surface area contributed by atoms with E-state index in [1.165, 1.54) is 12.1 Å². The molecular formula is C16H25FIO4P. The van der Waals surface area contributed by atoms with Crippen molar-refractivity contribution in [3.63, 3.8) is 0 Å². The van der Waals surface area contributed by atoms with Crippen LogP contribution in [-0.4, -0.2) is 11.2 Å². The molecule has 0 saturated heterocycles. The molecule has 0 aliphatic rings. The van der Waals surface area contributed by atoms with Gasteiger partial charge in [0.05, 0.1) is 17.3 Å². The Morgan fingerprint density at radius 2 is 1.52 bits per heavy atom. The van der Waals surface area contributed by atoms with E-state index in [9.17, 15) is 8.96 Å².